The summed E-state index contributed by atoms with van der Waals surface area (Å²) in [5, 5.41) is 2.77. The van der Waals surface area contributed by atoms with Gasteiger partial charge in [-0.1, -0.05) is 24.4 Å². The molecule has 8 heteroatoms. The van der Waals surface area contributed by atoms with Crippen LogP contribution in [0.3, 0.4) is 0 Å². The molecule has 0 unspecified atom stereocenters. The molecule has 4 nitrogen and oxygen atoms in total. The first-order valence-electron chi connectivity index (χ1n) is 6.76. The zero-order chi connectivity index (χ0) is 15.7. The minimum Gasteiger partial charge on any atom is -0.368 e. The Hall–Kier alpha value is -1.08. The number of nitrogens with zero attached hydrogens (tertiary/aromatic N) is 3. The summed E-state index contributed by atoms with van der Waals surface area (Å²) in [5.41, 5.74) is -0.0458. The first kappa shape index (κ1) is 16.3. The molecule has 1 aliphatic rings. The Morgan fingerprint density at radius 1 is 1.29 bits per heavy atom. The smallest absolute Gasteiger partial charge is 0.368 e. The van der Waals surface area contributed by atoms with Crippen molar-refractivity contribution in [1.29, 1.82) is 0 Å². The van der Waals surface area contributed by atoms with Crippen molar-refractivity contribution in [2.75, 3.05) is 26.0 Å². The molecule has 2 rings (SSSR count). The van der Waals surface area contributed by atoms with E-state index < -0.39 is 12.0 Å². The van der Waals surface area contributed by atoms with E-state index in [-0.39, 0.29) is 16.5 Å². The average molecular weight is 323 g/mol. The van der Waals surface area contributed by atoms with Crippen LogP contribution in [0.15, 0.2) is 6.07 Å². The third-order valence-corrected chi connectivity index (χ3v) is 4.22. The van der Waals surface area contributed by atoms with E-state index in [9.17, 15) is 13.2 Å². The van der Waals surface area contributed by atoms with Gasteiger partial charge in [-0.15, -0.1) is 0 Å². The Bertz CT molecular complexity index is 499. The van der Waals surface area contributed by atoms with Crippen molar-refractivity contribution in [1.82, 2.24) is 14.9 Å². The highest BCUT2D eigenvalue weighted by molar-refractivity contribution is 6.29. The van der Waals surface area contributed by atoms with Gasteiger partial charge in [0.25, 0.3) is 0 Å². The number of halogens is 4. The summed E-state index contributed by atoms with van der Waals surface area (Å²) >= 11 is 5.65. The first-order chi connectivity index (χ1) is 9.73. The van der Waals surface area contributed by atoms with E-state index in [0.29, 0.717) is 6.54 Å². The standard InChI is InChI=1S/C13H18ClF3N4/c1-21(2)12(5-3-4-6-12)8-18-10-7-9(14)19-11(20-10)13(15,16)17/h7H,3-6,8H2,1-2H3,(H,18,19,20). The SMILES string of the molecule is CN(C)C1(CNc2cc(Cl)nc(C(F)(F)F)n2)CCCC1. The summed E-state index contributed by atoms with van der Waals surface area (Å²) < 4.78 is 38.0. The number of hydrogen-bond acceptors (Lipinski definition) is 4. The summed E-state index contributed by atoms with van der Waals surface area (Å²) in [6.07, 6.45) is -0.333. The minimum absolute atomic E-state index is 0.0458. The van der Waals surface area contributed by atoms with Crippen LogP contribution in [0, 0.1) is 0 Å². The molecule has 0 aliphatic heterocycles. The van der Waals surface area contributed by atoms with E-state index in [2.05, 4.69) is 20.2 Å². The van der Waals surface area contributed by atoms with Gasteiger partial charge in [0.05, 0.1) is 0 Å². The van der Waals surface area contributed by atoms with Crippen molar-refractivity contribution in [2.24, 2.45) is 0 Å². The quantitative estimate of drug-likeness (QED) is 0.862. The van der Waals surface area contributed by atoms with Gasteiger partial charge in [-0.3, -0.25) is 0 Å². The predicted molar refractivity (Wildman–Crippen MR) is 75.4 cm³/mol. The van der Waals surface area contributed by atoms with Crippen LogP contribution in [0.5, 0.6) is 0 Å². The van der Waals surface area contributed by atoms with Crippen LogP contribution in [0.1, 0.15) is 31.5 Å². The van der Waals surface area contributed by atoms with Crippen LogP contribution in [0.25, 0.3) is 0 Å². The molecule has 0 amide bonds. The third kappa shape index (κ3) is 3.77. The maximum Gasteiger partial charge on any atom is 0.451 e. The third-order valence-electron chi connectivity index (χ3n) is 4.03. The van der Waals surface area contributed by atoms with Crippen molar-refractivity contribution >= 4 is 17.4 Å². The fraction of sp³-hybridized carbons (Fsp3) is 0.692. The maximum absolute atomic E-state index is 12.7. The summed E-state index contributed by atoms with van der Waals surface area (Å²) in [4.78, 5) is 8.85. The molecule has 0 aromatic carbocycles. The Labute approximate surface area is 126 Å². The molecule has 1 fully saturated rings. The second-order valence-electron chi connectivity index (χ2n) is 5.58. The van der Waals surface area contributed by atoms with Crippen LogP contribution in [0.4, 0.5) is 19.0 Å². The maximum atomic E-state index is 12.7. The fourth-order valence-corrected chi connectivity index (χ4v) is 2.89. The largest absolute Gasteiger partial charge is 0.451 e. The van der Waals surface area contributed by atoms with Crippen LogP contribution >= 0.6 is 11.6 Å². The molecule has 1 saturated carbocycles. The zero-order valence-electron chi connectivity index (χ0n) is 12.0. The molecule has 0 radical (unpaired) electrons. The second-order valence-corrected chi connectivity index (χ2v) is 5.96. The molecule has 0 atom stereocenters. The Balaban J connectivity index is 2.14. The van der Waals surface area contributed by atoms with Gasteiger partial charge in [0.15, 0.2) is 0 Å². The summed E-state index contributed by atoms with van der Waals surface area (Å²) in [7, 11) is 3.97. The monoisotopic (exact) mass is 322 g/mol. The number of rotatable bonds is 4. The van der Waals surface area contributed by atoms with Crippen LogP contribution in [0.2, 0.25) is 5.15 Å². The Kier molecular flexibility index (Phi) is 4.63. The molecule has 0 bridgehead atoms. The summed E-state index contributed by atoms with van der Waals surface area (Å²) in [6.45, 7) is 0.532. The zero-order valence-corrected chi connectivity index (χ0v) is 12.7. The first-order valence-corrected chi connectivity index (χ1v) is 7.14. The molecule has 1 N–H and O–H groups in total. The highest BCUT2D eigenvalue weighted by atomic mass is 35.5. The van der Waals surface area contributed by atoms with Gasteiger partial charge in [0.2, 0.25) is 5.82 Å². The van der Waals surface area contributed by atoms with E-state index in [1.54, 1.807) is 0 Å². The van der Waals surface area contributed by atoms with Gasteiger partial charge in [-0.25, -0.2) is 9.97 Å². The van der Waals surface area contributed by atoms with E-state index in [1.165, 1.54) is 6.07 Å². The molecular formula is C13H18ClF3N4. The van der Waals surface area contributed by atoms with E-state index in [4.69, 9.17) is 11.6 Å². The number of aromatic nitrogens is 2. The lowest BCUT2D eigenvalue weighted by atomic mass is 9.96. The minimum atomic E-state index is -4.60. The lowest BCUT2D eigenvalue weighted by Crippen LogP contribution is -2.47. The molecule has 118 valence electrons. The molecule has 21 heavy (non-hydrogen) atoms. The van der Waals surface area contributed by atoms with E-state index in [1.807, 2.05) is 14.1 Å². The lowest BCUT2D eigenvalue weighted by molar-refractivity contribution is -0.144. The van der Waals surface area contributed by atoms with Gasteiger partial charge >= 0.3 is 6.18 Å². The van der Waals surface area contributed by atoms with Crippen LogP contribution in [-0.4, -0.2) is 41.0 Å². The molecule has 0 saturated heterocycles. The van der Waals surface area contributed by atoms with Crippen LogP contribution in [-0.2, 0) is 6.18 Å². The number of anilines is 1. The van der Waals surface area contributed by atoms with Gasteiger partial charge < -0.3 is 10.2 Å². The summed E-state index contributed by atoms with van der Waals surface area (Å²) in [5.74, 6) is -1.11. The lowest BCUT2D eigenvalue weighted by Gasteiger charge is -2.36. The normalized spacial score (nSPS) is 18.2. The van der Waals surface area contributed by atoms with Gasteiger partial charge in [0, 0.05) is 18.2 Å². The summed E-state index contributed by atoms with van der Waals surface area (Å²) in [6, 6.07) is 1.31. The molecule has 1 aromatic heterocycles. The van der Waals surface area contributed by atoms with Crippen molar-refractivity contribution in [2.45, 2.75) is 37.4 Å². The Morgan fingerprint density at radius 2 is 1.90 bits per heavy atom. The Morgan fingerprint density at radius 3 is 2.43 bits per heavy atom. The van der Waals surface area contributed by atoms with Crippen molar-refractivity contribution in [3.63, 3.8) is 0 Å². The highest BCUT2D eigenvalue weighted by Gasteiger charge is 2.37. The number of alkyl halides is 3. The van der Waals surface area contributed by atoms with Gasteiger partial charge in [-0.05, 0) is 26.9 Å². The van der Waals surface area contributed by atoms with Crippen molar-refractivity contribution < 1.29 is 13.2 Å². The molecule has 1 aliphatic carbocycles. The number of likely N-dealkylation sites (N-methyl/N-ethyl adjacent to an activating group) is 1. The molecule has 1 heterocycles. The number of nitrogens with one attached hydrogen (secondary N) is 1. The average Bonchev–Trinajstić information content (AvgIpc) is 2.85. The van der Waals surface area contributed by atoms with Crippen molar-refractivity contribution in [3.05, 3.63) is 17.0 Å². The predicted octanol–water partition coefficient (Wildman–Crippen LogP) is 3.44. The molecular weight excluding hydrogens is 305 g/mol. The van der Waals surface area contributed by atoms with Crippen molar-refractivity contribution in [3.8, 4) is 0 Å². The number of hydrogen-bond donors (Lipinski definition) is 1. The van der Waals surface area contributed by atoms with E-state index in [0.717, 1.165) is 25.7 Å². The molecule has 0 spiro atoms. The second kappa shape index (κ2) is 5.96. The topological polar surface area (TPSA) is 41.0 Å². The van der Waals surface area contributed by atoms with Crippen LogP contribution < -0.4 is 5.32 Å². The molecule has 1 aromatic rings. The van der Waals surface area contributed by atoms with E-state index >= 15 is 0 Å². The van der Waals surface area contributed by atoms with Gasteiger partial charge in [-0.2, -0.15) is 13.2 Å². The highest BCUT2D eigenvalue weighted by Crippen LogP contribution is 2.34. The fourth-order valence-electron chi connectivity index (χ4n) is 2.71. The van der Waals surface area contributed by atoms with Gasteiger partial charge in [0.1, 0.15) is 11.0 Å².